The average Bonchev–Trinajstić information content (AvgIpc) is 2.63. The molecular weight excluding hydrogens is 252 g/mol. The SMILES string of the molecule is O=C1CCCC[C@H](Sc2ccc3ccccc3c2)C1. The van der Waals surface area contributed by atoms with E-state index in [4.69, 9.17) is 0 Å². The van der Waals surface area contributed by atoms with Crippen molar-refractivity contribution in [3.63, 3.8) is 0 Å². The van der Waals surface area contributed by atoms with E-state index in [0.29, 0.717) is 11.0 Å². The molecule has 2 aromatic rings. The first kappa shape index (κ1) is 12.7. The van der Waals surface area contributed by atoms with Crippen LogP contribution in [0.1, 0.15) is 32.1 Å². The summed E-state index contributed by atoms with van der Waals surface area (Å²) in [5.74, 6) is 0.441. The Balaban J connectivity index is 1.78. The number of rotatable bonds is 2. The molecule has 1 fully saturated rings. The summed E-state index contributed by atoms with van der Waals surface area (Å²) in [5.41, 5.74) is 0. The predicted molar refractivity (Wildman–Crippen MR) is 81.7 cm³/mol. The van der Waals surface area contributed by atoms with Crippen molar-refractivity contribution in [2.24, 2.45) is 0 Å². The highest BCUT2D eigenvalue weighted by atomic mass is 32.2. The Morgan fingerprint density at radius 1 is 1.00 bits per heavy atom. The van der Waals surface area contributed by atoms with E-state index in [1.54, 1.807) is 0 Å². The molecule has 0 spiro atoms. The van der Waals surface area contributed by atoms with Crippen LogP contribution in [0.2, 0.25) is 0 Å². The highest BCUT2D eigenvalue weighted by Crippen LogP contribution is 2.33. The van der Waals surface area contributed by atoms with E-state index >= 15 is 0 Å². The summed E-state index contributed by atoms with van der Waals surface area (Å²) in [7, 11) is 0. The third kappa shape index (κ3) is 3.19. The predicted octanol–water partition coefficient (Wildman–Crippen LogP) is 4.83. The summed E-state index contributed by atoms with van der Waals surface area (Å²) in [5, 5.41) is 3.03. The quantitative estimate of drug-likeness (QED) is 0.727. The minimum absolute atomic E-state index is 0.441. The number of hydrogen-bond acceptors (Lipinski definition) is 2. The summed E-state index contributed by atoms with van der Waals surface area (Å²) in [6.07, 6.45) is 4.97. The summed E-state index contributed by atoms with van der Waals surface area (Å²) in [6.45, 7) is 0. The Morgan fingerprint density at radius 2 is 1.84 bits per heavy atom. The summed E-state index contributed by atoms with van der Waals surface area (Å²) < 4.78 is 0. The molecule has 0 N–H and O–H groups in total. The van der Waals surface area contributed by atoms with Crippen molar-refractivity contribution in [2.75, 3.05) is 0 Å². The normalized spacial score (nSPS) is 20.4. The second-order valence-corrected chi connectivity index (χ2v) is 6.61. The van der Waals surface area contributed by atoms with Crippen LogP contribution in [-0.4, -0.2) is 11.0 Å². The van der Waals surface area contributed by atoms with Gasteiger partial charge in [-0.1, -0.05) is 36.8 Å². The number of ketones is 1. The molecule has 2 heteroatoms. The smallest absolute Gasteiger partial charge is 0.134 e. The molecule has 1 aliphatic carbocycles. The fourth-order valence-electron chi connectivity index (χ4n) is 2.69. The molecule has 0 aromatic heterocycles. The molecule has 1 nitrogen and oxygen atoms in total. The molecular formula is C17H18OS. The second-order valence-electron chi connectivity index (χ2n) is 5.24. The van der Waals surface area contributed by atoms with Crippen LogP contribution >= 0.6 is 11.8 Å². The first-order valence-electron chi connectivity index (χ1n) is 6.98. The van der Waals surface area contributed by atoms with E-state index in [9.17, 15) is 4.79 Å². The zero-order chi connectivity index (χ0) is 13.1. The van der Waals surface area contributed by atoms with Crippen LogP contribution in [0.5, 0.6) is 0 Å². The number of fused-ring (bicyclic) bond motifs is 1. The van der Waals surface area contributed by atoms with Gasteiger partial charge in [0.05, 0.1) is 0 Å². The Morgan fingerprint density at radius 3 is 2.74 bits per heavy atom. The van der Waals surface area contributed by atoms with Crippen LogP contribution in [0.15, 0.2) is 47.4 Å². The summed E-state index contributed by atoms with van der Waals surface area (Å²) in [6, 6.07) is 15.0. The van der Waals surface area contributed by atoms with Crippen molar-refractivity contribution in [1.29, 1.82) is 0 Å². The van der Waals surface area contributed by atoms with Crippen LogP contribution in [-0.2, 0) is 4.79 Å². The van der Waals surface area contributed by atoms with Gasteiger partial charge in [-0.05, 0) is 35.7 Å². The standard InChI is InChI=1S/C17H18OS/c18-15-7-3-4-8-16(12-15)19-17-10-9-13-5-1-2-6-14(13)11-17/h1-2,5-6,9-11,16H,3-4,7-8,12H2/t16-/m0/s1. The largest absolute Gasteiger partial charge is 0.300 e. The van der Waals surface area contributed by atoms with E-state index < -0.39 is 0 Å². The lowest BCUT2D eigenvalue weighted by Gasteiger charge is -2.13. The minimum Gasteiger partial charge on any atom is -0.300 e. The molecule has 0 unspecified atom stereocenters. The van der Waals surface area contributed by atoms with Crippen molar-refractivity contribution in [3.05, 3.63) is 42.5 Å². The lowest BCUT2D eigenvalue weighted by atomic mass is 10.1. The number of carbonyl (C=O) groups is 1. The van der Waals surface area contributed by atoms with Gasteiger partial charge >= 0.3 is 0 Å². The Labute approximate surface area is 118 Å². The highest BCUT2D eigenvalue weighted by Gasteiger charge is 2.18. The van der Waals surface area contributed by atoms with E-state index in [-0.39, 0.29) is 0 Å². The maximum Gasteiger partial charge on any atom is 0.134 e. The van der Waals surface area contributed by atoms with Crippen molar-refractivity contribution >= 4 is 28.3 Å². The van der Waals surface area contributed by atoms with Gasteiger partial charge < -0.3 is 0 Å². The van der Waals surface area contributed by atoms with Gasteiger partial charge in [0, 0.05) is 23.0 Å². The van der Waals surface area contributed by atoms with Crippen LogP contribution < -0.4 is 0 Å². The summed E-state index contributed by atoms with van der Waals surface area (Å²) >= 11 is 1.88. The van der Waals surface area contributed by atoms with Gasteiger partial charge in [-0.15, -0.1) is 11.8 Å². The third-order valence-corrected chi connectivity index (χ3v) is 4.97. The number of carbonyl (C=O) groups excluding carboxylic acids is 1. The molecule has 1 aliphatic rings. The topological polar surface area (TPSA) is 17.1 Å². The summed E-state index contributed by atoms with van der Waals surface area (Å²) in [4.78, 5) is 13.0. The van der Waals surface area contributed by atoms with E-state index in [0.717, 1.165) is 19.3 Å². The molecule has 19 heavy (non-hydrogen) atoms. The lowest BCUT2D eigenvalue weighted by Crippen LogP contribution is -2.06. The molecule has 0 heterocycles. The van der Waals surface area contributed by atoms with Crippen molar-refractivity contribution in [1.82, 2.24) is 0 Å². The lowest BCUT2D eigenvalue weighted by molar-refractivity contribution is -0.118. The fraction of sp³-hybridized carbons (Fsp3) is 0.353. The average molecular weight is 270 g/mol. The minimum atomic E-state index is 0.441. The molecule has 0 bridgehead atoms. The van der Waals surface area contributed by atoms with Gasteiger partial charge in [-0.3, -0.25) is 4.79 Å². The zero-order valence-electron chi connectivity index (χ0n) is 11.0. The molecule has 0 saturated heterocycles. The van der Waals surface area contributed by atoms with Crippen LogP contribution in [0, 0.1) is 0 Å². The van der Waals surface area contributed by atoms with Crippen LogP contribution in [0.4, 0.5) is 0 Å². The fourth-order valence-corrected chi connectivity index (χ4v) is 3.97. The third-order valence-electron chi connectivity index (χ3n) is 3.71. The molecule has 0 aliphatic heterocycles. The van der Waals surface area contributed by atoms with Gasteiger partial charge in [0.15, 0.2) is 0 Å². The first-order chi connectivity index (χ1) is 9.31. The number of Topliss-reactive ketones (excluding diaryl/α,β-unsaturated/α-hetero) is 1. The molecule has 3 rings (SSSR count). The maximum absolute atomic E-state index is 11.7. The Kier molecular flexibility index (Phi) is 3.88. The van der Waals surface area contributed by atoms with Crippen molar-refractivity contribution < 1.29 is 4.79 Å². The van der Waals surface area contributed by atoms with Crippen molar-refractivity contribution in [3.8, 4) is 0 Å². The molecule has 2 aromatic carbocycles. The Hall–Kier alpha value is -1.28. The molecule has 0 amide bonds. The van der Waals surface area contributed by atoms with E-state index in [1.165, 1.54) is 28.5 Å². The van der Waals surface area contributed by atoms with E-state index in [1.807, 2.05) is 11.8 Å². The number of benzene rings is 2. The second kappa shape index (κ2) is 5.79. The van der Waals surface area contributed by atoms with Gasteiger partial charge in [-0.25, -0.2) is 0 Å². The van der Waals surface area contributed by atoms with Gasteiger partial charge in [0.25, 0.3) is 0 Å². The zero-order valence-corrected chi connectivity index (χ0v) is 11.8. The van der Waals surface area contributed by atoms with Gasteiger partial charge in [0.1, 0.15) is 5.78 Å². The van der Waals surface area contributed by atoms with Gasteiger partial charge in [0.2, 0.25) is 0 Å². The monoisotopic (exact) mass is 270 g/mol. The van der Waals surface area contributed by atoms with Crippen LogP contribution in [0.3, 0.4) is 0 Å². The maximum atomic E-state index is 11.7. The Bertz CT molecular complexity index is 591. The highest BCUT2D eigenvalue weighted by molar-refractivity contribution is 8.00. The molecule has 98 valence electrons. The first-order valence-corrected chi connectivity index (χ1v) is 7.86. The van der Waals surface area contributed by atoms with E-state index in [2.05, 4.69) is 42.5 Å². The molecule has 1 saturated carbocycles. The molecule has 1 atom stereocenters. The number of hydrogen-bond donors (Lipinski definition) is 0. The van der Waals surface area contributed by atoms with Crippen molar-refractivity contribution in [2.45, 2.75) is 42.2 Å². The van der Waals surface area contributed by atoms with Gasteiger partial charge in [-0.2, -0.15) is 0 Å². The molecule has 0 radical (unpaired) electrons. The number of thioether (sulfide) groups is 1. The van der Waals surface area contributed by atoms with Crippen LogP contribution in [0.25, 0.3) is 10.8 Å².